The SMILES string of the molecule is Cc1ccc(CNCC(Cl)CC(C)(C)C)cc1C. The van der Waals surface area contributed by atoms with Crippen LogP contribution in [0.2, 0.25) is 0 Å². The van der Waals surface area contributed by atoms with Gasteiger partial charge < -0.3 is 5.32 Å². The van der Waals surface area contributed by atoms with E-state index in [1.807, 2.05) is 0 Å². The predicted molar refractivity (Wildman–Crippen MR) is 81.3 cm³/mol. The number of rotatable bonds is 5. The number of nitrogens with one attached hydrogen (secondary N) is 1. The molecule has 2 heteroatoms. The summed E-state index contributed by atoms with van der Waals surface area (Å²) in [5.74, 6) is 0. The Balaban J connectivity index is 2.35. The third kappa shape index (κ3) is 5.88. The summed E-state index contributed by atoms with van der Waals surface area (Å²) in [7, 11) is 0. The van der Waals surface area contributed by atoms with E-state index in [0.29, 0.717) is 5.41 Å². The highest BCUT2D eigenvalue weighted by Crippen LogP contribution is 2.23. The first-order valence-electron chi connectivity index (χ1n) is 6.69. The van der Waals surface area contributed by atoms with Crippen LogP contribution in [0.15, 0.2) is 18.2 Å². The second-order valence-electron chi connectivity index (χ2n) is 6.41. The van der Waals surface area contributed by atoms with Gasteiger partial charge in [-0.05, 0) is 42.4 Å². The van der Waals surface area contributed by atoms with E-state index in [9.17, 15) is 0 Å². The van der Waals surface area contributed by atoms with Crippen molar-refractivity contribution in [1.82, 2.24) is 5.32 Å². The number of alkyl halides is 1. The molecule has 0 aliphatic heterocycles. The monoisotopic (exact) mass is 267 g/mol. The van der Waals surface area contributed by atoms with Crippen molar-refractivity contribution in [3.05, 3.63) is 34.9 Å². The van der Waals surface area contributed by atoms with E-state index in [0.717, 1.165) is 19.5 Å². The fourth-order valence-electron chi connectivity index (χ4n) is 2.02. The summed E-state index contributed by atoms with van der Waals surface area (Å²) in [6.07, 6.45) is 1.04. The van der Waals surface area contributed by atoms with Crippen LogP contribution in [0.4, 0.5) is 0 Å². The quantitative estimate of drug-likeness (QED) is 0.778. The average Bonchev–Trinajstić information content (AvgIpc) is 2.20. The average molecular weight is 268 g/mol. The Kier molecular flexibility index (Phi) is 5.68. The first kappa shape index (κ1) is 15.5. The van der Waals surface area contributed by atoms with Crippen LogP contribution in [0.5, 0.6) is 0 Å². The second kappa shape index (κ2) is 6.58. The largest absolute Gasteiger partial charge is 0.311 e. The van der Waals surface area contributed by atoms with Gasteiger partial charge in [-0.25, -0.2) is 0 Å². The first-order chi connectivity index (χ1) is 8.28. The van der Waals surface area contributed by atoms with Crippen molar-refractivity contribution in [3.8, 4) is 0 Å². The van der Waals surface area contributed by atoms with Gasteiger partial charge in [-0.1, -0.05) is 39.0 Å². The molecule has 0 aliphatic carbocycles. The van der Waals surface area contributed by atoms with Gasteiger partial charge in [-0.3, -0.25) is 0 Å². The lowest BCUT2D eigenvalue weighted by Gasteiger charge is -2.22. The van der Waals surface area contributed by atoms with Gasteiger partial charge in [0.1, 0.15) is 0 Å². The Bertz CT molecular complexity index is 379. The number of halogens is 1. The Morgan fingerprint density at radius 1 is 1.17 bits per heavy atom. The summed E-state index contributed by atoms with van der Waals surface area (Å²) in [6, 6.07) is 6.61. The Morgan fingerprint density at radius 3 is 2.39 bits per heavy atom. The molecule has 1 aromatic carbocycles. The molecule has 1 nitrogen and oxygen atoms in total. The fraction of sp³-hybridized carbons (Fsp3) is 0.625. The van der Waals surface area contributed by atoms with Crippen LogP contribution in [0.3, 0.4) is 0 Å². The molecule has 0 aliphatic rings. The molecular formula is C16H26ClN. The van der Waals surface area contributed by atoms with Crippen molar-refractivity contribution in [2.24, 2.45) is 5.41 Å². The molecule has 0 fully saturated rings. The van der Waals surface area contributed by atoms with Gasteiger partial charge >= 0.3 is 0 Å². The van der Waals surface area contributed by atoms with Crippen LogP contribution in [0.1, 0.15) is 43.9 Å². The van der Waals surface area contributed by atoms with E-state index >= 15 is 0 Å². The predicted octanol–water partition coefficient (Wildman–Crippen LogP) is 4.44. The molecule has 0 saturated carbocycles. The molecule has 0 radical (unpaired) electrons. The summed E-state index contributed by atoms with van der Waals surface area (Å²) in [6.45, 7) is 12.7. The molecule has 0 spiro atoms. The van der Waals surface area contributed by atoms with Crippen molar-refractivity contribution < 1.29 is 0 Å². The van der Waals surface area contributed by atoms with Gasteiger partial charge in [0.25, 0.3) is 0 Å². The van der Waals surface area contributed by atoms with E-state index in [1.165, 1.54) is 16.7 Å². The van der Waals surface area contributed by atoms with Crippen molar-refractivity contribution >= 4 is 11.6 Å². The zero-order valence-corrected chi connectivity index (χ0v) is 13.1. The zero-order valence-electron chi connectivity index (χ0n) is 12.3. The molecule has 0 amide bonds. The van der Waals surface area contributed by atoms with Crippen LogP contribution in [-0.2, 0) is 6.54 Å². The highest BCUT2D eigenvalue weighted by molar-refractivity contribution is 6.20. The van der Waals surface area contributed by atoms with Crippen LogP contribution in [-0.4, -0.2) is 11.9 Å². The third-order valence-corrected chi connectivity index (χ3v) is 3.41. The smallest absolute Gasteiger partial charge is 0.0465 e. The highest BCUT2D eigenvalue weighted by atomic mass is 35.5. The highest BCUT2D eigenvalue weighted by Gasteiger charge is 2.16. The zero-order chi connectivity index (χ0) is 13.8. The standard InChI is InChI=1S/C16H26ClN/c1-12-6-7-14(8-13(12)2)10-18-11-15(17)9-16(3,4)5/h6-8,15,18H,9-11H2,1-5H3. The Labute approximate surface area is 117 Å². The minimum absolute atomic E-state index is 0.205. The van der Waals surface area contributed by atoms with Crippen molar-refractivity contribution in [2.75, 3.05) is 6.54 Å². The lowest BCUT2D eigenvalue weighted by atomic mass is 9.90. The first-order valence-corrected chi connectivity index (χ1v) is 7.12. The van der Waals surface area contributed by atoms with Gasteiger partial charge in [0.2, 0.25) is 0 Å². The van der Waals surface area contributed by atoms with E-state index in [-0.39, 0.29) is 5.38 Å². The lowest BCUT2D eigenvalue weighted by Crippen LogP contribution is -2.26. The third-order valence-electron chi connectivity index (χ3n) is 3.10. The maximum atomic E-state index is 6.33. The number of benzene rings is 1. The van der Waals surface area contributed by atoms with Crippen LogP contribution < -0.4 is 5.32 Å². The lowest BCUT2D eigenvalue weighted by molar-refractivity contribution is 0.364. The number of hydrogen-bond donors (Lipinski definition) is 1. The van der Waals surface area contributed by atoms with Crippen LogP contribution in [0.25, 0.3) is 0 Å². The van der Waals surface area contributed by atoms with Gasteiger partial charge in [-0.2, -0.15) is 0 Å². The minimum atomic E-state index is 0.205. The summed E-state index contributed by atoms with van der Waals surface area (Å²) in [4.78, 5) is 0. The molecule has 1 N–H and O–H groups in total. The Morgan fingerprint density at radius 2 is 1.83 bits per heavy atom. The van der Waals surface area contributed by atoms with Gasteiger partial charge in [-0.15, -0.1) is 11.6 Å². The van der Waals surface area contributed by atoms with Crippen LogP contribution >= 0.6 is 11.6 Å². The molecule has 18 heavy (non-hydrogen) atoms. The molecule has 102 valence electrons. The molecule has 1 rings (SSSR count). The van der Waals surface area contributed by atoms with E-state index in [4.69, 9.17) is 11.6 Å². The molecule has 1 unspecified atom stereocenters. The fourth-order valence-corrected chi connectivity index (χ4v) is 2.60. The molecule has 1 atom stereocenters. The summed E-state index contributed by atoms with van der Waals surface area (Å²) in [5.41, 5.74) is 4.33. The molecule has 1 aromatic rings. The molecule has 0 bridgehead atoms. The van der Waals surface area contributed by atoms with E-state index in [1.54, 1.807) is 0 Å². The van der Waals surface area contributed by atoms with E-state index < -0.39 is 0 Å². The van der Waals surface area contributed by atoms with Crippen molar-refractivity contribution in [1.29, 1.82) is 0 Å². The maximum Gasteiger partial charge on any atom is 0.0465 e. The summed E-state index contributed by atoms with van der Waals surface area (Å²) >= 11 is 6.33. The molecule has 0 saturated heterocycles. The topological polar surface area (TPSA) is 12.0 Å². The number of hydrogen-bond acceptors (Lipinski definition) is 1. The normalized spacial score (nSPS) is 13.7. The molecular weight excluding hydrogens is 242 g/mol. The maximum absolute atomic E-state index is 6.33. The van der Waals surface area contributed by atoms with E-state index in [2.05, 4.69) is 58.1 Å². The van der Waals surface area contributed by atoms with Gasteiger partial charge in [0.05, 0.1) is 0 Å². The molecule has 0 aromatic heterocycles. The van der Waals surface area contributed by atoms with Crippen molar-refractivity contribution in [3.63, 3.8) is 0 Å². The number of aryl methyl sites for hydroxylation is 2. The minimum Gasteiger partial charge on any atom is -0.311 e. The summed E-state index contributed by atoms with van der Waals surface area (Å²) < 4.78 is 0. The van der Waals surface area contributed by atoms with Crippen molar-refractivity contribution in [2.45, 2.75) is 53.0 Å². The van der Waals surface area contributed by atoms with Crippen LogP contribution in [0, 0.1) is 19.3 Å². The Hall–Kier alpha value is -0.530. The summed E-state index contributed by atoms with van der Waals surface area (Å²) in [5, 5.41) is 3.64. The molecule has 0 heterocycles. The van der Waals surface area contributed by atoms with Gasteiger partial charge in [0, 0.05) is 18.5 Å². The second-order valence-corrected chi connectivity index (χ2v) is 7.03. The van der Waals surface area contributed by atoms with Gasteiger partial charge in [0.15, 0.2) is 0 Å².